The van der Waals surface area contributed by atoms with Crippen molar-refractivity contribution in [1.82, 2.24) is 4.98 Å². The summed E-state index contributed by atoms with van der Waals surface area (Å²) in [6.45, 7) is 8.64. The topological polar surface area (TPSA) is 45.6 Å². The number of anilines is 1. The lowest BCUT2D eigenvalue weighted by atomic mass is 10.1. The van der Waals surface area contributed by atoms with Crippen molar-refractivity contribution in [2.45, 2.75) is 38.9 Å². The standard InChI is InChI=1S/C14H22N2O2/c1-4-13(17)12-6-5-11(9-15-12)16-7-8-18-14(2,3)10-16/h5-6,9,13,17H,4,7-8,10H2,1-3H3/t13-/m1/s1. The van der Waals surface area contributed by atoms with Gasteiger partial charge in [-0.05, 0) is 32.4 Å². The average molecular weight is 250 g/mol. The van der Waals surface area contributed by atoms with Crippen LogP contribution in [0, 0.1) is 0 Å². The highest BCUT2D eigenvalue weighted by atomic mass is 16.5. The molecule has 0 spiro atoms. The SMILES string of the molecule is CC[C@@H](O)c1ccc(N2CCOC(C)(C)C2)cn1. The monoisotopic (exact) mass is 250 g/mol. The Kier molecular flexibility index (Phi) is 3.88. The van der Waals surface area contributed by atoms with Crippen molar-refractivity contribution < 1.29 is 9.84 Å². The second-order valence-electron chi connectivity index (χ2n) is 5.40. The van der Waals surface area contributed by atoms with Gasteiger partial charge in [-0.15, -0.1) is 0 Å². The van der Waals surface area contributed by atoms with Gasteiger partial charge in [-0.3, -0.25) is 4.98 Å². The molecule has 2 rings (SSSR count). The molecule has 0 radical (unpaired) electrons. The number of rotatable bonds is 3. The number of pyridine rings is 1. The van der Waals surface area contributed by atoms with E-state index in [0.29, 0.717) is 6.42 Å². The number of aliphatic hydroxyl groups excluding tert-OH is 1. The Morgan fingerprint density at radius 2 is 2.28 bits per heavy atom. The van der Waals surface area contributed by atoms with E-state index in [2.05, 4.69) is 23.7 Å². The molecular formula is C14H22N2O2. The molecule has 1 saturated heterocycles. The minimum atomic E-state index is -0.458. The van der Waals surface area contributed by atoms with E-state index in [9.17, 15) is 5.11 Å². The molecule has 0 aliphatic carbocycles. The molecule has 18 heavy (non-hydrogen) atoms. The van der Waals surface area contributed by atoms with Crippen LogP contribution in [0.5, 0.6) is 0 Å². The fourth-order valence-corrected chi connectivity index (χ4v) is 2.23. The van der Waals surface area contributed by atoms with Crippen molar-refractivity contribution in [2.75, 3.05) is 24.6 Å². The van der Waals surface area contributed by atoms with Gasteiger partial charge >= 0.3 is 0 Å². The van der Waals surface area contributed by atoms with E-state index in [1.165, 1.54) is 0 Å². The lowest BCUT2D eigenvalue weighted by Gasteiger charge is -2.39. The number of morpholine rings is 1. The Labute approximate surface area is 109 Å². The van der Waals surface area contributed by atoms with Crippen LogP contribution in [0.15, 0.2) is 18.3 Å². The van der Waals surface area contributed by atoms with Gasteiger partial charge in [0.25, 0.3) is 0 Å². The van der Waals surface area contributed by atoms with Crippen molar-refractivity contribution in [2.24, 2.45) is 0 Å². The van der Waals surface area contributed by atoms with Crippen LogP contribution >= 0.6 is 0 Å². The van der Waals surface area contributed by atoms with E-state index in [1.807, 2.05) is 25.3 Å². The first kappa shape index (κ1) is 13.3. The minimum Gasteiger partial charge on any atom is -0.387 e. The summed E-state index contributed by atoms with van der Waals surface area (Å²) < 4.78 is 5.69. The zero-order valence-electron chi connectivity index (χ0n) is 11.4. The van der Waals surface area contributed by atoms with Gasteiger partial charge in [-0.2, -0.15) is 0 Å². The van der Waals surface area contributed by atoms with Crippen molar-refractivity contribution in [3.8, 4) is 0 Å². The third-order valence-corrected chi connectivity index (χ3v) is 3.29. The molecule has 2 heterocycles. The summed E-state index contributed by atoms with van der Waals surface area (Å²) in [5.74, 6) is 0. The third-order valence-electron chi connectivity index (χ3n) is 3.29. The first-order chi connectivity index (χ1) is 8.52. The van der Waals surface area contributed by atoms with Crippen LogP contribution in [0.1, 0.15) is 39.0 Å². The predicted octanol–water partition coefficient (Wildman–Crippen LogP) is 2.14. The highest BCUT2D eigenvalue weighted by molar-refractivity contribution is 5.45. The lowest BCUT2D eigenvalue weighted by molar-refractivity contribution is -0.0277. The number of aliphatic hydroxyl groups is 1. The zero-order chi connectivity index (χ0) is 13.2. The summed E-state index contributed by atoms with van der Waals surface area (Å²) in [4.78, 5) is 6.62. The van der Waals surface area contributed by atoms with E-state index in [1.54, 1.807) is 0 Å². The summed E-state index contributed by atoms with van der Waals surface area (Å²) in [6.07, 6.45) is 2.08. The second kappa shape index (κ2) is 5.24. The number of ether oxygens (including phenoxy) is 1. The molecule has 1 aliphatic heterocycles. The van der Waals surface area contributed by atoms with Crippen LogP contribution in [-0.2, 0) is 4.74 Å². The fourth-order valence-electron chi connectivity index (χ4n) is 2.23. The number of aromatic nitrogens is 1. The quantitative estimate of drug-likeness (QED) is 0.892. The molecule has 0 bridgehead atoms. The van der Waals surface area contributed by atoms with Crippen molar-refractivity contribution in [1.29, 1.82) is 0 Å². The van der Waals surface area contributed by atoms with Crippen molar-refractivity contribution >= 4 is 5.69 Å². The smallest absolute Gasteiger partial charge is 0.0957 e. The van der Waals surface area contributed by atoms with Crippen LogP contribution in [0.4, 0.5) is 5.69 Å². The zero-order valence-corrected chi connectivity index (χ0v) is 11.4. The van der Waals surface area contributed by atoms with Crippen LogP contribution in [0.2, 0.25) is 0 Å². The molecule has 1 atom stereocenters. The van der Waals surface area contributed by atoms with E-state index < -0.39 is 6.10 Å². The van der Waals surface area contributed by atoms with Gasteiger partial charge in [0.2, 0.25) is 0 Å². The molecule has 0 aromatic carbocycles. The molecule has 1 aromatic rings. The number of hydrogen-bond acceptors (Lipinski definition) is 4. The maximum absolute atomic E-state index is 9.72. The Bertz CT molecular complexity index is 389. The molecule has 0 saturated carbocycles. The van der Waals surface area contributed by atoms with Crippen molar-refractivity contribution in [3.63, 3.8) is 0 Å². The average Bonchev–Trinajstić information content (AvgIpc) is 2.37. The van der Waals surface area contributed by atoms with Crippen LogP contribution < -0.4 is 4.90 Å². The Balaban J connectivity index is 2.09. The van der Waals surface area contributed by atoms with E-state index in [-0.39, 0.29) is 5.60 Å². The van der Waals surface area contributed by atoms with E-state index >= 15 is 0 Å². The third kappa shape index (κ3) is 3.00. The molecule has 100 valence electrons. The highest BCUT2D eigenvalue weighted by Crippen LogP contribution is 2.23. The molecule has 4 nitrogen and oxygen atoms in total. The number of hydrogen-bond donors (Lipinski definition) is 1. The van der Waals surface area contributed by atoms with Crippen LogP contribution in [-0.4, -0.2) is 35.4 Å². The van der Waals surface area contributed by atoms with Crippen LogP contribution in [0.3, 0.4) is 0 Å². The number of nitrogens with zero attached hydrogens (tertiary/aromatic N) is 2. The Morgan fingerprint density at radius 1 is 1.50 bits per heavy atom. The molecule has 0 amide bonds. The summed E-state index contributed by atoms with van der Waals surface area (Å²) in [5, 5.41) is 9.72. The van der Waals surface area contributed by atoms with E-state index in [0.717, 1.165) is 31.1 Å². The molecule has 1 aromatic heterocycles. The molecule has 4 heteroatoms. The molecule has 0 unspecified atom stereocenters. The predicted molar refractivity (Wildman–Crippen MR) is 71.7 cm³/mol. The summed E-state index contributed by atoms with van der Waals surface area (Å²) >= 11 is 0. The summed E-state index contributed by atoms with van der Waals surface area (Å²) in [6, 6.07) is 3.94. The molecular weight excluding hydrogens is 228 g/mol. The van der Waals surface area contributed by atoms with Gasteiger partial charge in [0.05, 0.1) is 35.9 Å². The van der Waals surface area contributed by atoms with Gasteiger partial charge in [0.1, 0.15) is 0 Å². The van der Waals surface area contributed by atoms with Gasteiger partial charge in [0, 0.05) is 13.1 Å². The highest BCUT2D eigenvalue weighted by Gasteiger charge is 2.27. The Hall–Kier alpha value is -1.13. The van der Waals surface area contributed by atoms with E-state index in [4.69, 9.17) is 4.74 Å². The van der Waals surface area contributed by atoms with Crippen LogP contribution in [0.25, 0.3) is 0 Å². The Morgan fingerprint density at radius 3 is 2.83 bits per heavy atom. The first-order valence-corrected chi connectivity index (χ1v) is 6.55. The summed E-state index contributed by atoms with van der Waals surface area (Å²) in [7, 11) is 0. The lowest BCUT2D eigenvalue weighted by Crippen LogP contribution is -2.48. The maximum Gasteiger partial charge on any atom is 0.0957 e. The minimum absolute atomic E-state index is 0.111. The molecule has 1 fully saturated rings. The van der Waals surface area contributed by atoms with Gasteiger partial charge in [0.15, 0.2) is 0 Å². The van der Waals surface area contributed by atoms with Gasteiger partial charge in [-0.1, -0.05) is 6.92 Å². The summed E-state index contributed by atoms with van der Waals surface area (Å²) in [5.41, 5.74) is 1.73. The van der Waals surface area contributed by atoms with Crippen molar-refractivity contribution in [3.05, 3.63) is 24.0 Å². The molecule has 1 aliphatic rings. The second-order valence-corrected chi connectivity index (χ2v) is 5.40. The maximum atomic E-state index is 9.72. The normalized spacial score (nSPS) is 20.8. The largest absolute Gasteiger partial charge is 0.387 e. The van der Waals surface area contributed by atoms with Gasteiger partial charge < -0.3 is 14.7 Å². The molecule has 1 N–H and O–H groups in total. The first-order valence-electron chi connectivity index (χ1n) is 6.55. The fraction of sp³-hybridized carbons (Fsp3) is 0.643. The van der Waals surface area contributed by atoms with Gasteiger partial charge in [-0.25, -0.2) is 0 Å².